The molecule has 0 bridgehead atoms. The van der Waals surface area contributed by atoms with Gasteiger partial charge in [0.05, 0.1) is 14.2 Å². The van der Waals surface area contributed by atoms with Crippen LogP contribution in [0.4, 0.5) is 0 Å². The summed E-state index contributed by atoms with van der Waals surface area (Å²) in [7, 11) is 3.22. The van der Waals surface area contributed by atoms with Crippen LogP contribution < -0.4 is 15.2 Å². The maximum atomic E-state index is 5.90. The standard InChI is InChI=1S/C15H16N4O2/c1-20-12-6-3-5-10(14(12)21-2)13-11(9-16)15-17-7-4-8-19(15)18-13/h3-8H,9,16H2,1-2H3. The highest BCUT2D eigenvalue weighted by Gasteiger charge is 2.19. The zero-order valence-corrected chi connectivity index (χ0v) is 11.9. The molecule has 2 aromatic heterocycles. The van der Waals surface area contributed by atoms with E-state index in [4.69, 9.17) is 15.2 Å². The van der Waals surface area contributed by atoms with Crippen LogP contribution in [0.1, 0.15) is 5.56 Å². The van der Waals surface area contributed by atoms with Gasteiger partial charge in [-0.3, -0.25) is 0 Å². The van der Waals surface area contributed by atoms with Crippen molar-refractivity contribution in [2.24, 2.45) is 5.73 Å². The average Bonchev–Trinajstić information content (AvgIpc) is 2.92. The molecular formula is C15H16N4O2. The van der Waals surface area contributed by atoms with E-state index in [0.717, 1.165) is 22.5 Å². The minimum Gasteiger partial charge on any atom is -0.493 e. The van der Waals surface area contributed by atoms with Gasteiger partial charge in [-0.25, -0.2) is 9.50 Å². The molecular weight excluding hydrogens is 268 g/mol. The Hall–Kier alpha value is -2.60. The zero-order valence-electron chi connectivity index (χ0n) is 11.9. The Labute approximate surface area is 122 Å². The summed E-state index contributed by atoms with van der Waals surface area (Å²) < 4.78 is 12.5. The summed E-state index contributed by atoms with van der Waals surface area (Å²) in [6.45, 7) is 0.343. The molecule has 0 fully saturated rings. The topological polar surface area (TPSA) is 74.7 Å². The van der Waals surface area contributed by atoms with E-state index in [1.165, 1.54) is 0 Å². The second-order valence-electron chi connectivity index (χ2n) is 4.46. The third-order valence-electron chi connectivity index (χ3n) is 3.35. The molecule has 0 radical (unpaired) electrons. The van der Waals surface area contributed by atoms with Crippen molar-refractivity contribution in [2.75, 3.05) is 14.2 Å². The molecule has 1 aromatic carbocycles. The Morgan fingerprint density at radius 2 is 2.05 bits per heavy atom. The average molecular weight is 284 g/mol. The highest BCUT2D eigenvalue weighted by molar-refractivity contribution is 5.77. The second kappa shape index (κ2) is 5.41. The maximum absolute atomic E-state index is 5.90. The van der Waals surface area contributed by atoms with Crippen LogP contribution in [0, 0.1) is 0 Å². The minimum absolute atomic E-state index is 0.343. The molecule has 108 valence electrons. The Bertz CT molecular complexity index is 782. The van der Waals surface area contributed by atoms with Crippen molar-refractivity contribution < 1.29 is 9.47 Å². The Balaban J connectivity index is 2.30. The first-order valence-electron chi connectivity index (χ1n) is 6.53. The van der Waals surface area contributed by atoms with Crippen LogP contribution in [0.25, 0.3) is 16.9 Å². The molecule has 0 unspecified atom stereocenters. The van der Waals surface area contributed by atoms with Gasteiger partial charge in [0, 0.05) is 30.1 Å². The fourth-order valence-corrected chi connectivity index (χ4v) is 2.41. The lowest BCUT2D eigenvalue weighted by atomic mass is 10.1. The molecule has 6 heteroatoms. The zero-order chi connectivity index (χ0) is 14.8. The summed E-state index contributed by atoms with van der Waals surface area (Å²) >= 11 is 0. The first-order chi connectivity index (χ1) is 10.3. The predicted octanol–water partition coefficient (Wildman–Crippen LogP) is 1.87. The van der Waals surface area contributed by atoms with E-state index in [2.05, 4.69) is 10.1 Å². The molecule has 0 aliphatic heterocycles. The molecule has 2 N–H and O–H groups in total. The maximum Gasteiger partial charge on any atom is 0.170 e. The number of ether oxygens (including phenoxy) is 2. The normalized spacial score (nSPS) is 10.8. The molecule has 0 saturated heterocycles. The van der Waals surface area contributed by atoms with Gasteiger partial charge < -0.3 is 15.2 Å². The fraction of sp³-hybridized carbons (Fsp3) is 0.200. The number of benzene rings is 1. The molecule has 0 saturated carbocycles. The summed E-state index contributed by atoms with van der Waals surface area (Å²) in [6.07, 6.45) is 3.57. The van der Waals surface area contributed by atoms with Gasteiger partial charge in [0.1, 0.15) is 5.69 Å². The lowest BCUT2D eigenvalue weighted by Gasteiger charge is -2.11. The van der Waals surface area contributed by atoms with Gasteiger partial charge in [-0.1, -0.05) is 6.07 Å². The monoisotopic (exact) mass is 284 g/mol. The van der Waals surface area contributed by atoms with Crippen LogP contribution in [0.2, 0.25) is 0 Å². The summed E-state index contributed by atoms with van der Waals surface area (Å²) in [5.41, 5.74) is 9.11. The Morgan fingerprint density at radius 3 is 2.76 bits per heavy atom. The van der Waals surface area contributed by atoms with Gasteiger partial charge in [0.15, 0.2) is 17.1 Å². The highest BCUT2D eigenvalue weighted by atomic mass is 16.5. The fourth-order valence-electron chi connectivity index (χ4n) is 2.41. The third-order valence-corrected chi connectivity index (χ3v) is 3.35. The molecule has 3 aromatic rings. The summed E-state index contributed by atoms with van der Waals surface area (Å²) in [6, 6.07) is 7.50. The molecule has 0 atom stereocenters. The quantitative estimate of drug-likeness (QED) is 0.791. The van der Waals surface area contributed by atoms with E-state index >= 15 is 0 Å². The van der Waals surface area contributed by atoms with E-state index in [1.807, 2.05) is 30.5 Å². The molecule has 21 heavy (non-hydrogen) atoms. The number of nitrogens with two attached hydrogens (primary N) is 1. The van der Waals surface area contributed by atoms with Gasteiger partial charge in [-0.05, 0) is 18.2 Å². The van der Waals surface area contributed by atoms with Crippen molar-refractivity contribution in [2.45, 2.75) is 6.54 Å². The lowest BCUT2D eigenvalue weighted by molar-refractivity contribution is 0.356. The van der Waals surface area contributed by atoms with Crippen molar-refractivity contribution in [3.63, 3.8) is 0 Å². The second-order valence-corrected chi connectivity index (χ2v) is 4.46. The largest absolute Gasteiger partial charge is 0.493 e. The van der Waals surface area contributed by atoms with Crippen LogP contribution in [0.5, 0.6) is 11.5 Å². The Kier molecular flexibility index (Phi) is 3.45. The van der Waals surface area contributed by atoms with Crippen molar-refractivity contribution in [3.8, 4) is 22.8 Å². The Morgan fingerprint density at radius 1 is 1.19 bits per heavy atom. The number of para-hydroxylation sites is 1. The smallest absolute Gasteiger partial charge is 0.170 e. The first-order valence-corrected chi connectivity index (χ1v) is 6.53. The summed E-state index contributed by atoms with van der Waals surface area (Å²) in [5, 5.41) is 4.58. The van der Waals surface area contributed by atoms with Crippen molar-refractivity contribution in [1.82, 2.24) is 14.6 Å². The lowest BCUT2D eigenvalue weighted by Crippen LogP contribution is -2.00. The minimum atomic E-state index is 0.343. The van der Waals surface area contributed by atoms with Gasteiger partial charge >= 0.3 is 0 Å². The van der Waals surface area contributed by atoms with Crippen LogP contribution in [-0.2, 0) is 6.54 Å². The number of rotatable bonds is 4. The number of aromatic nitrogens is 3. The van der Waals surface area contributed by atoms with E-state index in [1.54, 1.807) is 24.9 Å². The van der Waals surface area contributed by atoms with Crippen molar-refractivity contribution in [3.05, 3.63) is 42.2 Å². The van der Waals surface area contributed by atoms with Gasteiger partial charge in [0.2, 0.25) is 0 Å². The molecule has 0 spiro atoms. The molecule has 2 heterocycles. The van der Waals surface area contributed by atoms with E-state index in [9.17, 15) is 0 Å². The van der Waals surface area contributed by atoms with Gasteiger partial charge in [-0.15, -0.1) is 0 Å². The SMILES string of the molecule is COc1cccc(-c2nn3cccnc3c2CN)c1OC. The predicted molar refractivity (Wildman–Crippen MR) is 79.4 cm³/mol. The van der Waals surface area contributed by atoms with Crippen LogP contribution in [-0.4, -0.2) is 28.8 Å². The molecule has 3 rings (SSSR count). The van der Waals surface area contributed by atoms with Gasteiger partial charge in [0.25, 0.3) is 0 Å². The van der Waals surface area contributed by atoms with Crippen molar-refractivity contribution in [1.29, 1.82) is 0 Å². The first kappa shape index (κ1) is 13.4. The summed E-state index contributed by atoms with van der Waals surface area (Å²) in [5.74, 6) is 1.29. The van der Waals surface area contributed by atoms with Crippen LogP contribution in [0.15, 0.2) is 36.7 Å². The number of methoxy groups -OCH3 is 2. The van der Waals surface area contributed by atoms with Crippen molar-refractivity contribution >= 4 is 5.65 Å². The number of hydrogen-bond acceptors (Lipinski definition) is 5. The number of hydrogen-bond donors (Lipinski definition) is 1. The molecule has 6 nitrogen and oxygen atoms in total. The summed E-state index contributed by atoms with van der Waals surface area (Å²) in [4.78, 5) is 4.34. The van der Waals surface area contributed by atoms with Crippen LogP contribution >= 0.6 is 0 Å². The van der Waals surface area contributed by atoms with E-state index in [-0.39, 0.29) is 0 Å². The number of nitrogens with zero attached hydrogens (tertiary/aromatic N) is 3. The van der Waals surface area contributed by atoms with E-state index < -0.39 is 0 Å². The third kappa shape index (κ3) is 2.09. The molecule has 0 aliphatic rings. The molecule has 0 amide bonds. The highest BCUT2D eigenvalue weighted by Crippen LogP contribution is 2.39. The molecule has 0 aliphatic carbocycles. The van der Waals surface area contributed by atoms with Crippen LogP contribution in [0.3, 0.4) is 0 Å². The van der Waals surface area contributed by atoms with Gasteiger partial charge in [-0.2, -0.15) is 5.10 Å². The van der Waals surface area contributed by atoms with E-state index in [0.29, 0.717) is 18.0 Å². The number of fused-ring (bicyclic) bond motifs is 1.